The molecule has 1 aromatic carbocycles. The predicted octanol–water partition coefficient (Wildman–Crippen LogP) is 1.43. The van der Waals surface area contributed by atoms with Gasteiger partial charge in [0.15, 0.2) is 0 Å². The molecule has 1 aromatic rings. The van der Waals surface area contributed by atoms with E-state index in [-0.39, 0.29) is 34.7 Å². The normalized spacial score (nSPS) is 22.2. The second kappa shape index (κ2) is 6.36. The Morgan fingerprint density at radius 3 is 2.90 bits per heavy atom. The Balaban J connectivity index is 2.18. The van der Waals surface area contributed by atoms with Gasteiger partial charge in [-0.15, -0.1) is 0 Å². The fourth-order valence-electron chi connectivity index (χ4n) is 2.77. The van der Waals surface area contributed by atoms with Crippen LogP contribution in [0.4, 0.5) is 4.39 Å². The zero-order valence-electron chi connectivity index (χ0n) is 12.3. The molecule has 1 heterocycles. The van der Waals surface area contributed by atoms with Crippen molar-refractivity contribution in [1.82, 2.24) is 4.90 Å². The van der Waals surface area contributed by atoms with E-state index in [1.54, 1.807) is 18.2 Å². The Kier molecular flexibility index (Phi) is 4.93. The highest BCUT2D eigenvalue weighted by Gasteiger charge is 2.33. The van der Waals surface area contributed by atoms with E-state index in [2.05, 4.69) is 4.90 Å². The van der Waals surface area contributed by atoms with Crippen LogP contribution in [0.2, 0.25) is 0 Å². The van der Waals surface area contributed by atoms with Crippen LogP contribution in [0.3, 0.4) is 0 Å². The number of halogens is 1. The third kappa shape index (κ3) is 3.97. The maximum absolute atomic E-state index is 14.4. The molecule has 4 nitrogen and oxygen atoms in total. The molecule has 1 saturated heterocycles. The van der Waals surface area contributed by atoms with E-state index in [0.717, 1.165) is 0 Å². The van der Waals surface area contributed by atoms with E-state index >= 15 is 0 Å². The first-order chi connectivity index (χ1) is 9.82. The third-order valence-electron chi connectivity index (χ3n) is 3.49. The summed E-state index contributed by atoms with van der Waals surface area (Å²) >= 11 is 4.86. The van der Waals surface area contributed by atoms with Gasteiger partial charge in [0, 0.05) is 30.8 Å². The van der Waals surface area contributed by atoms with Crippen LogP contribution in [-0.2, 0) is 11.3 Å². The molecule has 0 saturated carbocycles. The maximum atomic E-state index is 14.4. The Morgan fingerprint density at radius 1 is 1.57 bits per heavy atom. The van der Waals surface area contributed by atoms with Crippen molar-refractivity contribution in [2.45, 2.75) is 32.1 Å². The molecule has 6 heteroatoms. The number of nitrogens with two attached hydrogens (primary N) is 1. The number of aliphatic hydroxyl groups is 1. The van der Waals surface area contributed by atoms with Crippen molar-refractivity contribution in [3.05, 3.63) is 35.1 Å². The lowest BCUT2D eigenvalue weighted by molar-refractivity contribution is -0.150. The van der Waals surface area contributed by atoms with Crippen molar-refractivity contribution >= 4 is 17.2 Å². The van der Waals surface area contributed by atoms with Crippen LogP contribution in [0.15, 0.2) is 18.2 Å². The highest BCUT2D eigenvalue weighted by atomic mass is 32.1. The van der Waals surface area contributed by atoms with Crippen LogP contribution in [0.25, 0.3) is 0 Å². The summed E-state index contributed by atoms with van der Waals surface area (Å²) in [6, 6.07) is 5.07. The number of hydrogen-bond acceptors (Lipinski definition) is 4. The first-order valence-corrected chi connectivity index (χ1v) is 7.31. The van der Waals surface area contributed by atoms with E-state index in [1.807, 2.05) is 13.8 Å². The average Bonchev–Trinajstić information content (AvgIpc) is 2.39. The first-order valence-electron chi connectivity index (χ1n) is 6.90. The second-order valence-corrected chi connectivity index (χ2v) is 6.43. The molecule has 2 rings (SSSR count). The van der Waals surface area contributed by atoms with Gasteiger partial charge in [0.05, 0.1) is 18.3 Å². The SMILES string of the molecule is CC1(C)CN(Cc2cccc(C(N)=S)c2F)CC(CO)O1. The van der Waals surface area contributed by atoms with Gasteiger partial charge in [0.1, 0.15) is 10.8 Å². The lowest BCUT2D eigenvalue weighted by Gasteiger charge is -2.42. The minimum absolute atomic E-state index is 0.0463. The van der Waals surface area contributed by atoms with E-state index < -0.39 is 0 Å². The number of ether oxygens (including phenoxy) is 1. The van der Waals surface area contributed by atoms with Gasteiger partial charge in [-0.2, -0.15) is 0 Å². The molecule has 1 unspecified atom stereocenters. The first kappa shape index (κ1) is 16.3. The van der Waals surface area contributed by atoms with Crippen molar-refractivity contribution in [2.75, 3.05) is 19.7 Å². The van der Waals surface area contributed by atoms with E-state index in [0.29, 0.717) is 25.2 Å². The topological polar surface area (TPSA) is 58.7 Å². The predicted molar refractivity (Wildman–Crippen MR) is 83.6 cm³/mol. The Bertz CT molecular complexity index is 536. The number of rotatable bonds is 4. The van der Waals surface area contributed by atoms with Crippen LogP contribution < -0.4 is 5.73 Å². The fourth-order valence-corrected chi connectivity index (χ4v) is 2.92. The van der Waals surface area contributed by atoms with Crippen molar-refractivity contribution in [1.29, 1.82) is 0 Å². The summed E-state index contributed by atoms with van der Waals surface area (Å²) in [5, 5.41) is 9.32. The molecule has 1 aliphatic rings. The van der Waals surface area contributed by atoms with E-state index in [9.17, 15) is 9.50 Å². The van der Waals surface area contributed by atoms with Gasteiger partial charge in [0.2, 0.25) is 0 Å². The zero-order chi connectivity index (χ0) is 15.6. The Labute approximate surface area is 129 Å². The summed E-state index contributed by atoms with van der Waals surface area (Å²) < 4.78 is 20.1. The molecule has 0 radical (unpaired) electrons. The standard InChI is InChI=1S/C15H21FN2O2S/c1-15(2)9-18(7-11(8-19)20-15)6-10-4-3-5-12(13(10)16)14(17)21/h3-5,11,19H,6-9H2,1-2H3,(H2,17,21). The van der Waals surface area contributed by atoms with Crippen molar-refractivity contribution in [3.8, 4) is 0 Å². The Morgan fingerprint density at radius 2 is 2.29 bits per heavy atom. The molecule has 0 spiro atoms. The maximum Gasteiger partial charge on any atom is 0.137 e. The van der Waals surface area contributed by atoms with Gasteiger partial charge in [-0.1, -0.05) is 24.4 Å². The molecule has 116 valence electrons. The van der Waals surface area contributed by atoms with Gasteiger partial charge >= 0.3 is 0 Å². The number of morpholine rings is 1. The zero-order valence-corrected chi connectivity index (χ0v) is 13.1. The van der Waals surface area contributed by atoms with Crippen molar-refractivity contribution in [2.24, 2.45) is 5.73 Å². The summed E-state index contributed by atoms with van der Waals surface area (Å²) in [6.45, 7) is 5.55. The summed E-state index contributed by atoms with van der Waals surface area (Å²) in [6.07, 6.45) is -0.254. The summed E-state index contributed by atoms with van der Waals surface area (Å²) in [5.74, 6) is -0.366. The van der Waals surface area contributed by atoms with Crippen molar-refractivity contribution in [3.63, 3.8) is 0 Å². The minimum Gasteiger partial charge on any atom is -0.394 e. The van der Waals surface area contributed by atoms with Gasteiger partial charge in [-0.05, 0) is 19.9 Å². The molecule has 1 fully saturated rings. The lowest BCUT2D eigenvalue weighted by Crippen LogP contribution is -2.53. The number of nitrogens with zero attached hydrogens (tertiary/aromatic N) is 1. The molecule has 21 heavy (non-hydrogen) atoms. The monoisotopic (exact) mass is 312 g/mol. The highest BCUT2D eigenvalue weighted by Crippen LogP contribution is 2.23. The van der Waals surface area contributed by atoms with Crippen LogP contribution in [0, 0.1) is 5.82 Å². The summed E-state index contributed by atoms with van der Waals surface area (Å²) in [5.41, 5.74) is 5.98. The molecular weight excluding hydrogens is 291 g/mol. The number of benzene rings is 1. The fraction of sp³-hybridized carbons (Fsp3) is 0.533. The molecule has 0 bridgehead atoms. The molecule has 3 N–H and O–H groups in total. The van der Waals surface area contributed by atoms with E-state index in [4.69, 9.17) is 22.7 Å². The minimum atomic E-state index is -0.372. The molecule has 1 aliphatic heterocycles. The van der Waals surface area contributed by atoms with Crippen LogP contribution in [0.5, 0.6) is 0 Å². The molecular formula is C15H21FN2O2S. The van der Waals surface area contributed by atoms with Crippen LogP contribution in [-0.4, -0.2) is 46.4 Å². The number of aliphatic hydroxyl groups excluding tert-OH is 1. The molecule has 0 aliphatic carbocycles. The van der Waals surface area contributed by atoms with Gasteiger partial charge < -0.3 is 15.6 Å². The van der Waals surface area contributed by atoms with Gasteiger partial charge in [0.25, 0.3) is 0 Å². The van der Waals surface area contributed by atoms with E-state index in [1.165, 1.54) is 0 Å². The molecule has 1 atom stereocenters. The largest absolute Gasteiger partial charge is 0.394 e. The summed E-state index contributed by atoms with van der Waals surface area (Å²) in [7, 11) is 0. The smallest absolute Gasteiger partial charge is 0.137 e. The van der Waals surface area contributed by atoms with Gasteiger partial charge in [-0.3, -0.25) is 4.90 Å². The Hall–Kier alpha value is -1.08. The quantitative estimate of drug-likeness (QED) is 0.824. The third-order valence-corrected chi connectivity index (χ3v) is 3.71. The summed E-state index contributed by atoms with van der Waals surface area (Å²) in [4.78, 5) is 2.14. The molecule has 0 amide bonds. The van der Waals surface area contributed by atoms with Crippen molar-refractivity contribution < 1.29 is 14.2 Å². The highest BCUT2D eigenvalue weighted by molar-refractivity contribution is 7.80. The lowest BCUT2D eigenvalue weighted by atomic mass is 10.0. The van der Waals surface area contributed by atoms with Crippen LogP contribution in [0.1, 0.15) is 25.0 Å². The second-order valence-electron chi connectivity index (χ2n) is 5.99. The molecule has 0 aromatic heterocycles. The number of hydrogen-bond donors (Lipinski definition) is 2. The number of thiocarbonyl (C=S) groups is 1. The average molecular weight is 312 g/mol. The van der Waals surface area contributed by atoms with Crippen LogP contribution >= 0.6 is 12.2 Å². The van der Waals surface area contributed by atoms with Gasteiger partial charge in [-0.25, -0.2) is 4.39 Å².